The molecule has 1 aliphatic heterocycles. The number of terminal acetylenes is 1. The molecule has 5 heteroatoms. The van der Waals surface area contributed by atoms with Crippen LogP contribution in [0, 0.1) is 22.8 Å². The van der Waals surface area contributed by atoms with E-state index in [1.165, 1.54) is 14.8 Å². The first kappa shape index (κ1) is 18.9. The van der Waals surface area contributed by atoms with Gasteiger partial charge in [-0.25, -0.2) is 4.79 Å². The maximum atomic E-state index is 12.2. The second-order valence-electron chi connectivity index (χ2n) is 7.06. The second kappa shape index (κ2) is 7.64. The van der Waals surface area contributed by atoms with Crippen LogP contribution in [0.1, 0.15) is 31.9 Å². The van der Waals surface area contributed by atoms with Gasteiger partial charge < -0.3 is 14.5 Å². The van der Waals surface area contributed by atoms with Crippen molar-refractivity contribution in [2.75, 3.05) is 31.1 Å². The molecule has 1 aliphatic rings. The summed E-state index contributed by atoms with van der Waals surface area (Å²) in [6, 6.07) is 4.33. The SMILES string of the molecule is C#CCc1cc(I)c(C)c(N2CCN(C(=O)OC(C)(C)C)CC2)c1. The summed E-state index contributed by atoms with van der Waals surface area (Å²) in [5, 5.41) is 0. The molecule has 24 heavy (non-hydrogen) atoms. The molecule has 1 saturated heterocycles. The topological polar surface area (TPSA) is 32.8 Å². The van der Waals surface area contributed by atoms with Gasteiger partial charge in [-0.15, -0.1) is 12.3 Å². The van der Waals surface area contributed by atoms with Gasteiger partial charge >= 0.3 is 6.09 Å². The van der Waals surface area contributed by atoms with Crippen molar-refractivity contribution < 1.29 is 9.53 Å². The fourth-order valence-corrected chi connectivity index (χ4v) is 3.40. The molecule has 130 valence electrons. The Morgan fingerprint density at radius 2 is 1.92 bits per heavy atom. The molecule has 0 atom stereocenters. The summed E-state index contributed by atoms with van der Waals surface area (Å²) in [5.41, 5.74) is 3.19. The Bertz CT molecular complexity index is 651. The lowest BCUT2D eigenvalue weighted by atomic mass is 10.1. The lowest BCUT2D eigenvalue weighted by molar-refractivity contribution is 0.0240. The fourth-order valence-electron chi connectivity index (χ4n) is 2.72. The van der Waals surface area contributed by atoms with Crippen LogP contribution in [-0.4, -0.2) is 42.8 Å². The Hall–Kier alpha value is -1.42. The van der Waals surface area contributed by atoms with E-state index in [1.54, 1.807) is 4.90 Å². The van der Waals surface area contributed by atoms with Crippen molar-refractivity contribution in [2.45, 2.75) is 39.7 Å². The van der Waals surface area contributed by atoms with E-state index in [0.717, 1.165) is 18.7 Å². The van der Waals surface area contributed by atoms with E-state index in [1.807, 2.05) is 20.8 Å². The van der Waals surface area contributed by atoms with Gasteiger partial charge in [-0.05, 0) is 73.5 Å². The third-order valence-corrected chi connectivity index (χ3v) is 5.08. The molecule has 1 fully saturated rings. The predicted molar refractivity (Wildman–Crippen MR) is 106 cm³/mol. The molecular formula is C19H25IN2O2. The Morgan fingerprint density at radius 3 is 2.46 bits per heavy atom. The lowest BCUT2D eigenvalue weighted by Crippen LogP contribution is -2.50. The van der Waals surface area contributed by atoms with Crippen molar-refractivity contribution in [3.63, 3.8) is 0 Å². The number of carbonyl (C=O) groups excluding carboxylic acids is 1. The third-order valence-electron chi connectivity index (χ3n) is 3.95. The molecule has 4 nitrogen and oxygen atoms in total. The minimum absolute atomic E-state index is 0.227. The second-order valence-corrected chi connectivity index (χ2v) is 8.22. The van der Waals surface area contributed by atoms with Crippen LogP contribution in [0.15, 0.2) is 12.1 Å². The number of rotatable bonds is 2. The first-order valence-electron chi connectivity index (χ1n) is 8.16. The number of ether oxygens (including phenoxy) is 1. The molecule has 1 amide bonds. The summed E-state index contributed by atoms with van der Waals surface area (Å²) in [4.78, 5) is 16.3. The summed E-state index contributed by atoms with van der Waals surface area (Å²) in [6.07, 6.45) is 5.87. The average molecular weight is 440 g/mol. The van der Waals surface area contributed by atoms with Crippen molar-refractivity contribution >= 4 is 34.4 Å². The van der Waals surface area contributed by atoms with Gasteiger partial charge in [0.1, 0.15) is 5.60 Å². The molecule has 1 aromatic carbocycles. The minimum atomic E-state index is -0.454. The van der Waals surface area contributed by atoms with Gasteiger partial charge in [-0.2, -0.15) is 0 Å². The van der Waals surface area contributed by atoms with Gasteiger partial charge in [0, 0.05) is 41.9 Å². The van der Waals surface area contributed by atoms with Gasteiger partial charge in [0.15, 0.2) is 0 Å². The van der Waals surface area contributed by atoms with Gasteiger partial charge in [-0.1, -0.05) is 0 Å². The summed E-state index contributed by atoms with van der Waals surface area (Å²) in [6.45, 7) is 10.8. The Kier molecular flexibility index (Phi) is 6.02. The largest absolute Gasteiger partial charge is 0.444 e. The monoisotopic (exact) mass is 440 g/mol. The number of piperazine rings is 1. The molecule has 0 bridgehead atoms. The maximum Gasteiger partial charge on any atom is 0.410 e. The molecule has 2 rings (SSSR count). The highest BCUT2D eigenvalue weighted by molar-refractivity contribution is 14.1. The zero-order valence-electron chi connectivity index (χ0n) is 14.9. The lowest BCUT2D eigenvalue weighted by Gasteiger charge is -2.37. The normalized spacial score (nSPS) is 15.2. The van der Waals surface area contributed by atoms with E-state index in [2.05, 4.69) is 52.5 Å². The highest BCUT2D eigenvalue weighted by atomic mass is 127. The molecule has 0 N–H and O–H groups in total. The van der Waals surface area contributed by atoms with Crippen LogP contribution in [0.5, 0.6) is 0 Å². The molecule has 1 heterocycles. The minimum Gasteiger partial charge on any atom is -0.444 e. The molecule has 0 aromatic heterocycles. The van der Waals surface area contributed by atoms with Crippen LogP contribution in [0.4, 0.5) is 10.5 Å². The van der Waals surface area contributed by atoms with Crippen LogP contribution in [0.25, 0.3) is 0 Å². The summed E-state index contributed by atoms with van der Waals surface area (Å²) < 4.78 is 6.68. The standard InChI is InChI=1S/C19H25IN2O2/c1-6-7-15-12-16(20)14(2)17(13-15)21-8-10-22(11-9-21)18(23)24-19(3,4)5/h1,12-13H,7-11H2,2-5H3. The number of hydrogen-bond donors (Lipinski definition) is 0. The van der Waals surface area contributed by atoms with E-state index < -0.39 is 5.60 Å². The van der Waals surface area contributed by atoms with Crippen LogP contribution in [-0.2, 0) is 11.2 Å². The average Bonchev–Trinajstić information content (AvgIpc) is 2.49. The first-order valence-corrected chi connectivity index (χ1v) is 9.24. The van der Waals surface area contributed by atoms with Gasteiger partial charge in [0.25, 0.3) is 0 Å². The highest BCUT2D eigenvalue weighted by Gasteiger charge is 2.26. The van der Waals surface area contributed by atoms with Crippen LogP contribution in [0.3, 0.4) is 0 Å². The van der Waals surface area contributed by atoms with E-state index in [-0.39, 0.29) is 6.09 Å². The molecule has 0 aliphatic carbocycles. The van der Waals surface area contributed by atoms with Crippen molar-refractivity contribution in [1.82, 2.24) is 4.90 Å². The number of carbonyl (C=O) groups is 1. The van der Waals surface area contributed by atoms with E-state index in [0.29, 0.717) is 19.5 Å². The first-order chi connectivity index (χ1) is 11.2. The van der Waals surface area contributed by atoms with Crippen LogP contribution < -0.4 is 4.90 Å². The number of halogens is 1. The van der Waals surface area contributed by atoms with Crippen molar-refractivity contribution in [2.24, 2.45) is 0 Å². The van der Waals surface area contributed by atoms with Gasteiger partial charge in [0.05, 0.1) is 0 Å². The fraction of sp³-hybridized carbons (Fsp3) is 0.526. The zero-order valence-corrected chi connectivity index (χ0v) is 17.0. The Balaban J connectivity index is 2.07. The molecule has 0 unspecified atom stereocenters. The smallest absolute Gasteiger partial charge is 0.410 e. The van der Waals surface area contributed by atoms with Crippen molar-refractivity contribution in [3.8, 4) is 12.3 Å². The summed E-state index contributed by atoms with van der Waals surface area (Å²) in [7, 11) is 0. The Labute approximate surface area is 158 Å². The number of benzene rings is 1. The number of anilines is 1. The maximum absolute atomic E-state index is 12.2. The van der Waals surface area contributed by atoms with Crippen LogP contribution in [0.2, 0.25) is 0 Å². The number of amides is 1. The van der Waals surface area contributed by atoms with E-state index in [4.69, 9.17) is 11.2 Å². The van der Waals surface area contributed by atoms with Gasteiger partial charge in [0.2, 0.25) is 0 Å². The molecule has 0 saturated carbocycles. The molecule has 0 radical (unpaired) electrons. The summed E-state index contributed by atoms with van der Waals surface area (Å²) in [5.74, 6) is 2.71. The van der Waals surface area contributed by atoms with E-state index >= 15 is 0 Å². The quantitative estimate of drug-likeness (QED) is 0.518. The van der Waals surface area contributed by atoms with Crippen molar-refractivity contribution in [3.05, 3.63) is 26.8 Å². The van der Waals surface area contributed by atoms with Crippen molar-refractivity contribution in [1.29, 1.82) is 0 Å². The predicted octanol–water partition coefficient (Wildman–Crippen LogP) is 3.83. The number of nitrogens with zero attached hydrogens (tertiary/aromatic N) is 2. The Morgan fingerprint density at radius 1 is 1.29 bits per heavy atom. The molecule has 1 aromatic rings. The van der Waals surface area contributed by atoms with E-state index in [9.17, 15) is 4.79 Å². The molecular weight excluding hydrogens is 415 g/mol. The van der Waals surface area contributed by atoms with Gasteiger partial charge in [-0.3, -0.25) is 0 Å². The third kappa shape index (κ3) is 4.79. The summed E-state index contributed by atoms with van der Waals surface area (Å²) >= 11 is 2.36. The highest BCUT2D eigenvalue weighted by Crippen LogP contribution is 2.28. The zero-order chi connectivity index (χ0) is 17.9. The number of hydrogen-bond acceptors (Lipinski definition) is 3. The van der Waals surface area contributed by atoms with Crippen LogP contribution >= 0.6 is 22.6 Å². The molecule has 0 spiro atoms.